The van der Waals surface area contributed by atoms with Crippen LogP contribution in [0.15, 0.2) is 36.5 Å². The molecule has 1 atom stereocenters. The van der Waals surface area contributed by atoms with Gasteiger partial charge in [0, 0.05) is 18.7 Å². The summed E-state index contributed by atoms with van der Waals surface area (Å²) < 4.78 is 0. The minimum absolute atomic E-state index is 0.464. The third-order valence-electron chi connectivity index (χ3n) is 4.00. The molecule has 3 heteroatoms. The van der Waals surface area contributed by atoms with Crippen LogP contribution in [0.25, 0.3) is 0 Å². The van der Waals surface area contributed by atoms with Crippen LogP contribution in [0, 0.1) is 0 Å². The number of aromatic nitrogens is 2. The van der Waals surface area contributed by atoms with E-state index in [1.165, 1.54) is 11.1 Å². The highest BCUT2D eigenvalue weighted by Crippen LogP contribution is 2.30. The van der Waals surface area contributed by atoms with Gasteiger partial charge in [0.15, 0.2) is 0 Å². The molecule has 0 fully saturated rings. The van der Waals surface area contributed by atoms with E-state index in [4.69, 9.17) is 4.98 Å². The zero-order chi connectivity index (χ0) is 13.8. The van der Waals surface area contributed by atoms with Crippen molar-refractivity contribution in [2.24, 2.45) is 0 Å². The van der Waals surface area contributed by atoms with E-state index in [9.17, 15) is 0 Å². The number of fused-ring (bicyclic) bond motifs is 1. The molecule has 3 nitrogen and oxygen atoms in total. The lowest BCUT2D eigenvalue weighted by molar-refractivity contribution is 0.549. The van der Waals surface area contributed by atoms with Crippen molar-refractivity contribution in [3.63, 3.8) is 0 Å². The number of benzene rings is 1. The Hall–Kier alpha value is -1.74. The molecule has 0 aliphatic heterocycles. The van der Waals surface area contributed by atoms with Crippen molar-refractivity contribution in [2.45, 2.75) is 38.6 Å². The Kier molecular flexibility index (Phi) is 4.07. The van der Waals surface area contributed by atoms with E-state index in [0.717, 1.165) is 43.9 Å². The molecule has 3 rings (SSSR count). The fourth-order valence-electron chi connectivity index (χ4n) is 2.88. The van der Waals surface area contributed by atoms with E-state index in [2.05, 4.69) is 41.5 Å². The van der Waals surface area contributed by atoms with Gasteiger partial charge in [-0.2, -0.15) is 0 Å². The van der Waals surface area contributed by atoms with Gasteiger partial charge in [-0.1, -0.05) is 31.2 Å². The molecule has 1 unspecified atom stereocenters. The smallest absolute Gasteiger partial charge is 0.132 e. The summed E-state index contributed by atoms with van der Waals surface area (Å²) in [6.45, 7) is 3.91. The van der Waals surface area contributed by atoms with Gasteiger partial charge in [0.2, 0.25) is 0 Å². The molecule has 0 saturated heterocycles. The molecule has 1 aromatic carbocycles. The first-order chi connectivity index (χ1) is 9.86. The molecular weight excluding hydrogens is 246 g/mol. The molecule has 0 bridgehead atoms. The summed E-state index contributed by atoms with van der Waals surface area (Å²) in [5.41, 5.74) is 4.05. The highest BCUT2D eigenvalue weighted by molar-refractivity contribution is 5.31. The number of rotatable bonds is 4. The van der Waals surface area contributed by atoms with Crippen LogP contribution in [-0.4, -0.2) is 16.5 Å². The van der Waals surface area contributed by atoms with Gasteiger partial charge in [-0.25, -0.2) is 9.97 Å². The summed E-state index contributed by atoms with van der Waals surface area (Å²) >= 11 is 0. The van der Waals surface area contributed by atoms with Gasteiger partial charge in [0.1, 0.15) is 5.82 Å². The number of aryl methyl sites for hydroxylation is 1. The first kappa shape index (κ1) is 13.3. The molecule has 1 N–H and O–H groups in total. The maximum atomic E-state index is 4.73. The Morgan fingerprint density at radius 1 is 1.20 bits per heavy atom. The summed E-state index contributed by atoms with van der Waals surface area (Å²) in [7, 11) is 0. The average Bonchev–Trinajstić information content (AvgIpc) is 2.53. The average molecular weight is 267 g/mol. The molecular formula is C17H21N3. The minimum atomic E-state index is 0.464. The van der Waals surface area contributed by atoms with E-state index in [1.807, 2.05) is 12.3 Å². The van der Waals surface area contributed by atoms with Crippen LogP contribution in [-0.2, 0) is 19.4 Å². The van der Waals surface area contributed by atoms with Crippen molar-refractivity contribution < 1.29 is 0 Å². The summed E-state index contributed by atoms with van der Waals surface area (Å²) in [4.78, 5) is 9.24. The largest absolute Gasteiger partial charge is 0.311 e. The zero-order valence-electron chi connectivity index (χ0n) is 12.0. The zero-order valence-corrected chi connectivity index (χ0v) is 12.0. The van der Waals surface area contributed by atoms with Gasteiger partial charge in [-0.3, -0.25) is 0 Å². The first-order valence-corrected chi connectivity index (χ1v) is 7.46. The Labute approximate surface area is 120 Å². The second-order valence-electron chi connectivity index (χ2n) is 5.39. The SMILES string of the molecule is CCNCc1ccnc(C2CCc3ccccc3C2)n1. The third-order valence-corrected chi connectivity index (χ3v) is 4.00. The summed E-state index contributed by atoms with van der Waals surface area (Å²) in [6.07, 6.45) is 5.26. The molecule has 1 heterocycles. The lowest BCUT2D eigenvalue weighted by Crippen LogP contribution is -2.18. The molecule has 0 saturated carbocycles. The van der Waals surface area contributed by atoms with Gasteiger partial charge in [0.05, 0.1) is 5.69 Å². The molecule has 1 aliphatic carbocycles. The molecule has 0 radical (unpaired) electrons. The van der Waals surface area contributed by atoms with Gasteiger partial charge in [-0.05, 0) is 43.0 Å². The number of hydrogen-bond acceptors (Lipinski definition) is 3. The molecule has 1 aromatic heterocycles. The molecule has 0 amide bonds. The maximum absolute atomic E-state index is 4.73. The predicted molar refractivity (Wildman–Crippen MR) is 80.6 cm³/mol. The minimum Gasteiger partial charge on any atom is -0.311 e. The van der Waals surface area contributed by atoms with Crippen LogP contribution in [0.1, 0.15) is 41.9 Å². The number of nitrogens with one attached hydrogen (secondary N) is 1. The Balaban J connectivity index is 1.77. The second-order valence-corrected chi connectivity index (χ2v) is 5.39. The topological polar surface area (TPSA) is 37.8 Å². The molecule has 104 valence electrons. The summed E-state index contributed by atoms with van der Waals surface area (Å²) in [6, 6.07) is 10.7. The highest BCUT2D eigenvalue weighted by atomic mass is 14.9. The van der Waals surface area contributed by atoms with E-state index >= 15 is 0 Å². The number of hydrogen-bond donors (Lipinski definition) is 1. The third kappa shape index (κ3) is 2.88. The monoisotopic (exact) mass is 267 g/mol. The van der Waals surface area contributed by atoms with Gasteiger partial charge < -0.3 is 5.32 Å². The summed E-state index contributed by atoms with van der Waals surface area (Å²) in [5.74, 6) is 1.47. The first-order valence-electron chi connectivity index (χ1n) is 7.46. The van der Waals surface area contributed by atoms with Crippen LogP contribution in [0.4, 0.5) is 0 Å². The lowest BCUT2D eigenvalue weighted by atomic mass is 9.83. The van der Waals surface area contributed by atoms with Crippen LogP contribution in [0.3, 0.4) is 0 Å². The molecule has 20 heavy (non-hydrogen) atoms. The normalized spacial score (nSPS) is 17.8. The molecule has 1 aliphatic rings. The van der Waals surface area contributed by atoms with E-state index in [0.29, 0.717) is 5.92 Å². The fourth-order valence-corrected chi connectivity index (χ4v) is 2.88. The van der Waals surface area contributed by atoms with Crippen molar-refractivity contribution in [1.82, 2.24) is 15.3 Å². The van der Waals surface area contributed by atoms with E-state index in [1.54, 1.807) is 0 Å². The molecule has 2 aromatic rings. The van der Waals surface area contributed by atoms with E-state index in [-0.39, 0.29) is 0 Å². The second kappa shape index (κ2) is 6.14. The van der Waals surface area contributed by atoms with Crippen LogP contribution in [0.2, 0.25) is 0 Å². The highest BCUT2D eigenvalue weighted by Gasteiger charge is 2.21. The van der Waals surface area contributed by atoms with Gasteiger partial charge in [0.25, 0.3) is 0 Å². The van der Waals surface area contributed by atoms with E-state index < -0.39 is 0 Å². The van der Waals surface area contributed by atoms with Crippen molar-refractivity contribution in [3.8, 4) is 0 Å². The number of nitrogens with zero attached hydrogens (tertiary/aromatic N) is 2. The van der Waals surface area contributed by atoms with Gasteiger partial charge >= 0.3 is 0 Å². The summed E-state index contributed by atoms with van der Waals surface area (Å²) in [5, 5.41) is 3.32. The van der Waals surface area contributed by atoms with Gasteiger partial charge in [-0.15, -0.1) is 0 Å². The van der Waals surface area contributed by atoms with Crippen LogP contribution in [0.5, 0.6) is 0 Å². The standard InChI is InChI=1S/C17H21N3/c1-2-18-12-16-9-10-19-17(20-16)15-8-7-13-5-3-4-6-14(13)11-15/h3-6,9-10,15,18H,2,7-8,11-12H2,1H3. The Morgan fingerprint density at radius 3 is 2.90 bits per heavy atom. The Bertz CT molecular complexity index is 580. The van der Waals surface area contributed by atoms with Crippen molar-refractivity contribution in [1.29, 1.82) is 0 Å². The van der Waals surface area contributed by atoms with Crippen molar-refractivity contribution in [2.75, 3.05) is 6.54 Å². The van der Waals surface area contributed by atoms with Crippen molar-refractivity contribution >= 4 is 0 Å². The predicted octanol–water partition coefficient (Wildman–Crippen LogP) is 2.86. The maximum Gasteiger partial charge on any atom is 0.132 e. The lowest BCUT2D eigenvalue weighted by Gasteiger charge is -2.23. The van der Waals surface area contributed by atoms with Crippen LogP contribution < -0.4 is 5.32 Å². The quantitative estimate of drug-likeness (QED) is 0.925. The fraction of sp³-hybridized carbons (Fsp3) is 0.412. The Morgan fingerprint density at radius 2 is 2.05 bits per heavy atom. The van der Waals surface area contributed by atoms with Crippen molar-refractivity contribution in [3.05, 3.63) is 59.2 Å². The molecule has 0 spiro atoms. The van der Waals surface area contributed by atoms with Crippen LogP contribution >= 0.6 is 0 Å².